The van der Waals surface area contributed by atoms with Crippen molar-refractivity contribution in [3.8, 4) is 0 Å². The Bertz CT molecular complexity index is 728. The van der Waals surface area contributed by atoms with Crippen molar-refractivity contribution < 1.29 is 9.59 Å². The molecule has 2 amide bonds. The van der Waals surface area contributed by atoms with Crippen LogP contribution in [-0.4, -0.2) is 23.3 Å². The van der Waals surface area contributed by atoms with Crippen LogP contribution in [0.3, 0.4) is 0 Å². The van der Waals surface area contributed by atoms with Crippen molar-refractivity contribution in [1.29, 1.82) is 0 Å². The van der Waals surface area contributed by atoms with E-state index < -0.39 is 0 Å². The molecule has 0 spiro atoms. The van der Waals surface area contributed by atoms with Crippen molar-refractivity contribution >= 4 is 11.8 Å². The third-order valence-electron chi connectivity index (χ3n) is 4.02. The van der Waals surface area contributed by atoms with Crippen LogP contribution in [0.2, 0.25) is 0 Å². The number of nitrogens with zero attached hydrogens (tertiary/aromatic N) is 1. The zero-order valence-electron chi connectivity index (χ0n) is 14.8. The summed E-state index contributed by atoms with van der Waals surface area (Å²) in [6.45, 7) is 5.19. The Balaban J connectivity index is 1.94. The average Bonchev–Trinajstić information content (AvgIpc) is 2.64. The molecule has 2 aromatic rings. The van der Waals surface area contributed by atoms with Crippen LogP contribution >= 0.6 is 0 Å². The molecule has 0 saturated heterocycles. The van der Waals surface area contributed by atoms with Gasteiger partial charge in [-0.1, -0.05) is 44.0 Å². The molecule has 1 aromatic carbocycles. The molecule has 0 unspecified atom stereocenters. The lowest BCUT2D eigenvalue weighted by Crippen LogP contribution is -2.27. The Kier molecular flexibility index (Phi) is 7.14. The van der Waals surface area contributed by atoms with Gasteiger partial charge in [0.2, 0.25) is 0 Å². The Hall–Kier alpha value is -2.69. The number of pyridine rings is 1. The summed E-state index contributed by atoms with van der Waals surface area (Å²) in [7, 11) is 0. The molecule has 0 fully saturated rings. The molecular weight excluding hydrogens is 314 g/mol. The van der Waals surface area contributed by atoms with Crippen molar-refractivity contribution in [2.75, 3.05) is 6.54 Å². The Labute approximate surface area is 148 Å². The quantitative estimate of drug-likeness (QED) is 0.725. The molecule has 5 heteroatoms. The van der Waals surface area contributed by atoms with Gasteiger partial charge >= 0.3 is 0 Å². The monoisotopic (exact) mass is 339 g/mol. The summed E-state index contributed by atoms with van der Waals surface area (Å²) in [5, 5.41) is 5.72. The highest BCUT2D eigenvalue weighted by Crippen LogP contribution is 2.07. The highest BCUT2D eigenvalue weighted by Gasteiger charge is 2.11. The number of amides is 2. The molecule has 0 saturated carbocycles. The first-order chi connectivity index (χ1) is 12.1. The standard InChI is InChI=1S/C20H25N3O2/c1-3-4-7-11-22-19(24)16-10-12-21-18(13-16)20(25)23-14-17-9-6-5-8-15(17)2/h5-6,8-10,12-13H,3-4,7,11,14H2,1-2H3,(H,22,24)(H,23,25). The molecule has 0 atom stereocenters. The summed E-state index contributed by atoms with van der Waals surface area (Å²) in [6.07, 6.45) is 4.64. The third-order valence-corrected chi connectivity index (χ3v) is 4.02. The van der Waals surface area contributed by atoms with Crippen LogP contribution in [0.25, 0.3) is 0 Å². The smallest absolute Gasteiger partial charge is 0.270 e. The van der Waals surface area contributed by atoms with Crippen molar-refractivity contribution in [3.63, 3.8) is 0 Å². The SMILES string of the molecule is CCCCCNC(=O)c1ccnc(C(=O)NCc2ccccc2C)c1. The predicted octanol–water partition coefficient (Wildman–Crippen LogP) is 3.24. The van der Waals surface area contributed by atoms with Crippen LogP contribution < -0.4 is 10.6 Å². The zero-order valence-corrected chi connectivity index (χ0v) is 14.8. The maximum atomic E-state index is 12.3. The fourth-order valence-electron chi connectivity index (χ4n) is 2.45. The average molecular weight is 339 g/mol. The zero-order chi connectivity index (χ0) is 18.1. The van der Waals surface area contributed by atoms with E-state index in [0.29, 0.717) is 18.7 Å². The number of carbonyl (C=O) groups excluding carboxylic acids is 2. The van der Waals surface area contributed by atoms with E-state index in [1.165, 1.54) is 12.3 Å². The Morgan fingerprint density at radius 3 is 2.60 bits per heavy atom. The number of hydrogen-bond donors (Lipinski definition) is 2. The molecule has 5 nitrogen and oxygen atoms in total. The summed E-state index contributed by atoms with van der Waals surface area (Å²) in [4.78, 5) is 28.5. The highest BCUT2D eigenvalue weighted by atomic mass is 16.2. The van der Waals surface area contributed by atoms with Gasteiger partial charge < -0.3 is 10.6 Å². The minimum atomic E-state index is -0.288. The molecule has 0 bridgehead atoms. The van der Waals surface area contributed by atoms with Gasteiger partial charge in [0, 0.05) is 24.8 Å². The number of benzene rings is 1. The largest absolute Gasteiger partial charge is 0.352 e. The van der Waals surface area contributed by atoms with Crippen LogP contribution in [-0.2, 0) is 6.54 Å². The van der Waals surface area contributed by atoms with Gasteiger partial charge in [-0.3, -0.25) is 14.6 Å². The van der Waals surface area contributed by atoms with Crippen LogP contribution in [0.15, 0.2) is 42.6 Å². The van der Waals surface area contributed by atoms with Crippen LogP contribution in [0.5, 0.6) is 0 Å². The number of rotatable bonds is 8. The second kappa shape index (κ2) is 9.57. The fourth-order valence-corrected chi connectivity index (χ4v) is 2.45. The molecule has 1 heterocycles. The van der Waals surface area contributed by atoms with Crippen molar-refractivity contribution in [1.82, 2.24) is 15.6 Å². The highest BCUT2D eigenvalue weighted by molar-refractivity contribution is 5.98. The number of aromatic nitrogens is 1. The number of carbonyl (C=O) groups is 2. The number of unbranched alkanes of at least 4 members (excludes halogenated alkanes) is 2. The van der Waals surface area contributed by atoms with Gasteiger partial charge in [0.05, 0.1) is 0 Å². The summed E-state index contributed by atoms with van der Waals surface area (Å²) in [5.74, 6) is -0.463. The molecule has 2 rings (SSSR count). The van der Waals surface area contributed by atoms with Gasteiger partial charge in [-0.25, -0.2) is 0 Å². The minimum Gasteiger partial charge on any atom is -0.352 e. The van der Waals surface area contributed by atoms with Gasteiger partial charge in [0.15, 0.2) is 0 Å². The predicted molar refractivity (Wildman–Crippen MR) is 98.4 cm³/mol. The molecule has 1 aromatic heterocycles. The van der Waals surface area contributed by atoms with Crippen LogP contribution in [0.1, 0.15) is 58.2 Å². The van der Waals surface area contributed by atoms with E-state index in [1.807, 2.05) is 31.2 Å². The second-order valence-electron chi connectivity index (χ2n) is 6.00. The normalized spacial score (nSPS) is 10.3. The molecule has 2 N–H and O–H groups in total. The molecule has 0 aliphatic rings. The van der Waals surface area contributed by atoms with Crippen LogP contribution in [0, 0.1) is 6.92 Å². The number of nitrogens with one attached hydrogen (secondary N) is 2. The lowest BCUT2D eigenvalue weighted by Gasteiger charge is -2.09. The van der Waals surface area contributed by atoms with E-state index in [4.69, 9.17) is 0 Å². The molecule has 0 aliphatic carbocycles. The topological polar surface area (TPSA) is 71.1 Å². The summed E-state index contributed by atoms with van der Waals surface area (Å²) < 4.78 is 0. The van der Waals surface area contributed by atoms with Gasteiger partial charge in [-0.15, -0.1) is 0 Å². The number of aryl methyl sites for hydroxylation is 1. The van der Waals surface area contributed by atoms with Crippen molar-refractivity contribution in [3.05, 3.63) is 65.0 Å². The molecule has 25 heavy (non-hydrogen) atoms. The minimum absolute atomic E-state index is 0.175. The second-order valence-corrected chi connectivity index (χ2v) is 6.00. The van der Waals surface area contributed by atoms with E-state index in [-0.39, 0.29) is 17.5 Å². The van der Waals surface area contributed by atoms with Crippen molar-refractivity contribution in [2.24, 2.45) is 0 Å². The summed E-state index contributed by atoms with van der Waals surface area (Å²) in [6, 6.07) is 11.0. The van der Waals surface area contributed by atoms with E-state index in [9.17, 15) is 9.59 Å². The molecule has 0 aliphatic heterocycles. The van der Waals surface area contributed by atoms with E-state index in [1.54, 1.807) is 6.07 Å². The lowest BCUT2D eigenvalue weighted by molar-refractivity contribution is 0.0946. The van der Waals surface area contributed by atoms with Gasteiger partial charge in [-0.05, 0) is 36.6 Å². The first-order valence-electron chi connectivity index (χ1n) is 8.68. The lowest BCUT2D eigenvalue weighted by atomic mass is 10.1. The van der Waals surface area contributed by atoms with Crippen molar-refractivity contribution in [2.45, 2.75) is 39.7 Å². The van der Waals surface area contributed by atoms with Crippen LogP contribution in [0.4, 0.5) is 0 Å². The number of hydrogen-bond acceptors (Lipinski definition) is 3. The van der Waals surface area contributed by atoms with E-state index in [0.717, 1.165) is 30.4 Å². The molecule has 0 radical (unpaired) electrons. The molecule has 132 valence electrons. The maximum absolute atomic E-state index is 12.3. The van der Waals surface area contributed by atoms with E-state index in [2.05, 4.69) is 22.5 Å². The summed E-state index contributed by atoms with van der Waals surface area (Å²) >= 11 is 0. The summed E-state index contributed by atoms with van der Waals surface area (Å²) in [5.41, 5.74) is 2.87. The first-order valence-corrected chi connectivity index (χ1v) is 8.68. The van der Waals surface area contributed by atoms with E-state index >= 15 is 0 Å². The fraction of sp³-hybridized carbons (Fsp3) is 0.350. The first kappa shape index (κ1) is 18.6. The van der Waals surface area contributed by atoms with Gasteiger partial charge in [0.1, 0.15) is 5.69 Å². The van der Waals surface area contributed by atoms with Gasteiger partial charge in [0.25, 0.3) is 11.8 Å². The van der Waals surface area contributed by atoms with Gasteiger partial charge in [-0.2, -0.15) is 0 Å². The third kappa shape index (κ3) is 5.71. The Morgan fingerprint density at radius 2 is 1.84 bits per heavy atom. The maximum Gasteiger partial charge on any atom is 0.270 e. The Morgan fingerprint density at radius 1 is 1.04 bits per heavy atom. The molecular formula is C20H25N3O2.